The Morgan fingerprint density at radius 2 is 2.06 bits per heavy atom. The minimum absolute atomic E-state index is 0.163. The van der Waals surface area contributed by atoms with Gasteiger partial charge in [-0.25, -0.2) is 0 Å². The van der Waals surface area contributed by atoms with E-state index in [0.717, 1.165) is 10.9 Å². The number of carbonyl (C=O) groups is 2. The average Bonchev–Trinajstić information content (AvgIpc) is 2.80. The Morgan fingerprint density at radius 3 is 2.72 bits per heavy atom. The highest BCUT2D eigenvalue weighted by Gasteiger charge is 2.33. The lowest BCUT2D eigenvalue weighted by atomic mass is 10.1. The van der Waals surface area contributed by atoms with E-state index in [1.807, 2.05) is 6.07 Å². The number of likely N-dealkylation sites (tertiary alicyclic amines) is 1. The first-order valence-electron chi connectivity index (χ1n) is 5.56. The maximum Gasteiger partial charge on any atom is 0.255 e. The Hall–Kier alpha value is -0.880. The molecule has 1 aromatic carbocycles. The lowest BCUT2D eigenvalue weighted by Crippen LogP contribution is -2.43. The van der Waals surface area contributed by atoms with Gasteiger partial charge in [0.05, 0.1) is 5.56 Å². The molecule has 2 amide bonds. The van der Waals surface area contributed by atoms with Crippen molar-refractivity contribution in [3.05, 3.63) is 32.7 Å². The molecule has 0 bridgehead atoms. The molecule has 0 saturated carbocycles. The highest BCUT2D eigenvalue weighted by Crippen LogP contribution is 2.26. The fourth-order valence-corrected chi connectivity index (χ4v) is 2.90. The molecule has 2 rings (SSSR count). The molecule has 0 radical (unpaired) electrons. The molecule has 1 aromatic rings. The number of rotatable bonds is 2. The second kappa shape index (κ2) is 5.40. The minimum atomic E-state index is -0.483. The molecule has 1 aliphatic rings. The number of benzene rings is 1. The van der Waals surface area contributed by atoms with Gasteiger partial charge in [-0.05, 0) is 47.0 Å². The first-order valence-corrected chi connectivity index (χ1v) is 7.14. The zero-order valence-electron chi connectivity index (χ0n) is 9.53. The molecule has 96 valence electrons. The zero-order valence-corrected chi connectivity index (χ0v) is 12.7. The second-order valence-electron chi connectivity index (χ2n) is 4.18. The molecule has 2 N–H and O–H groups in total. The molecule has 1 aliphatic heterocycles. The topological polar surface area (TPSA) is 63.4 Å². The summed E-state index contributed by atoms with van der Waals surface area (Å²) >= 11 is 6.68. The van der Waals surface area contributed by atoms with Crippen molar-refractivity contribution >= 4 is 43.7 Å². The first-order chi connectivity index (χ1) is 8.50. The third-order valence-corrected chi connectivity index (χ3v) is 4.19. The Morgan fingerprint density at radius 1 is 1.33 bits per heavy atom. The average molecular weight is 376 g/mol. The highest BCUT2D eigenvalue weighted by molar-refractivity contribution is 9.11. The number of hydrogen-bond acceptors (Lipinski definition) is 2. The lowest BCUT2D eigenvalue weighted by molar-refractivity contribution is -0.121. The Balaban J connectivity index is 2.31. The number of amides is 2. The van der Waals surface area contributed by atoms with Crippen molar-refractivity contribution in [2.75, 3.05) is 6.54 Å². The number of nitrogens with two attached hydrogens (primary N) is 1. The molecular weight excluding hydrogens is 364 g/mol. The Bertz CT molecular complexity index is 505. The van der Waals surface area contributed by atoms with E-state index in [1.165, 1.54) is 0 Å². The van der Waals surface area contributed by atoms with Crippen LogP contribution in [-0.4, -0.2) is 29.3 Å². The molecule has 1 heterocycles. The summed E-state index contributed by atoms with van der Waals surface area (Å²) in [6.07, 6.45) is 1.46. The van der Waals surface area contributed by atoms with E-state index in [2.05, 4.69) is 31.9 Å². The summed E-state index contributed by atoms with van der Waals surface area (Å²) in [7, 11) is 0. The van der Waals surface area contributed by atoms with E-state index in [4.69, 9.17) is 5.73 Å². The van der Waals surface area contributed by atoms with Gasteiger partial charge in [-0.1, -0.05) is 15.9 Å². The van der Waals surface area contributed by atoms with Crippen LogP contribution in [0.3, 0.4) is 0 Å². The second-order valence-corrected chi connectivity index (χ2v) is 5.95. The number of halogens is 2. The number of primary amides is 1. The van der Waals surface area contributed by atoms with Gasteiger partial charge >= 0.3 is 0 Å². The van der Waals surface area contributed by atoms with Crippen LogP contribution in [0.15, 0.2) is 27.1 Å². The third kappa shape index (κ3) is 2.59. The maximum absolute atomic E-state index is 12.4. The van der Waals surface area contributed by atoms with E-state index in [-0.39, 0.29) is 5.91 Å². The van der Waals surface area contributed by atoms with Gasteiger partial charge in [-0.2, -0.15) is 0 Å². The van der Waals surface area contributed by atoms with Gasteiger partial charge in [-0.3, -0.25) is 9.59 Å². The van der Waals surface area contributed by atoms with E-state index in [0.29, 0.717) is 23.0 Å². The molecule has 0 spiro atoms. The standard InChI is InChI=1S/C12H12Br2N2O2/c13-7-3-4-9(14)8(6-7)12(18)16-5-1-2-10(16)11(15)17/h3-4,6,10H,1-2,5H2,(H2,15,17). The molecule has 1 unspecified atom stereocenters. The van der Waals surface area contributed by atoms with E-state index < -0.39 is 11.9 Å². The van der Waals surface area contributed by atoms with Crippen LogP contribution in [0, 0.1) is 0 Å². The van der Waals surface area contributed by atoms with Crippen molar-refractivity contribution in [2.24, 2.45) is 5.73 Å². The van der Waals surface area contributed by atoms with Crippen LogP contribution in [0.4, 0.5) is 0 Å². The van der Waals surface area contributed by atoms with Gasteiger partial charge in [0.15, 0.2) is 0 Å². The molecule has 4 nitrogen and oxygen atoms in total. The van der Waals surface area contributed by atoms with E-state index in [9.17, 15) is 9.59 Å². The lowest BCUT2D eigenvalue weighted by Gasteiger charge is -2.22. The molecular formula is C12H12Br2N2O2. The maximum atomic E-state index is 12.4. The van der Waals surface area contributed by atoms with Gasteiger partial charge in [-0.15, -0.1) is 0 Å². The fourth-order valence-electron chi connectivity index (χ4n) is 2.12. The summed E-state index contributed by atoms with van der Waals surface area (Å²) in [6, 6.07) is 4.90. The van der Waals surface area contributed by atoms with Gasteiger partial charge < -0.3 is 10.6 Å². The summed E-state index contributed by atoms with van der Waals surface area (Å²) in [4.78, 5) is 25.3. The molecule has 18 heavy (non-hydrogen) atoms. The van der Waals surface area contributed by atoms with Crippen molar-refractivity contribution in [1.82, 2.24) is 4.90 Å². The van der Waals surface area contributed by atoms with Crippen molar-refractivity contribution < 1.29 is 9.59 Å². The first kappa shape index (κ1) is 13.5. The van der Waals surface area contributed by atoms with Crippen molar-refractivity contribution in [1.29, 1.82) is 0 Å². The molecule has 0 aromatic heterocycles. The quantitative estimate of drug-likeness (QED) is 0.861. The number of hydrogen-bond donors (Lipinski definition) is 1. The summed E-state index contributed by atoms with van der Waals surface area (Å²) in [5.74, 6) is -0.601. The Kier molecular flexibility index (Phi) is 4.07. The minimum Gasteiger partial charge on any atom is -0.368 e. The highest BCUT2D eigenvalue weighted by atomic mass is 79.9. The summed E-state index contributed by atoms with van der Waals surface area (Å²) in [5, 5.41) is 0. The predicted molar refractivity (Wildman–Crippen MR) is 75.1 cm³/mol. The van der Waals surface area contributed by atoms with Gasteiger partial charge in [0.1, 0.15) is 6.04 Å². The molecule has 0 aliphatic carbocycles. The van der Waals surface area contributed by atoms with Crippen LogP contribution in [0.25, 0.3) is 0 Å². The van der Waals surface area contributed by atoms with Gasteiger partial charge in [0, 0.05) is 15.5 Å². The molecule has 6 heteroatoms. The largest absolute Gasteiger partial charge is 0.368 e. The molecule has 1 atom stereocenters. The van der Waals surface area contributed by atoms with Crippen LogP contribution >= 0.6 is 31.9 Å². The molecule has 1 fully saturated rings. The molecule has 1 saturated heterocycles. The van der Waals surface area contributed by atoms with Crippen LogP contribution in [0.1, 0.15) is 23.2 Å². The van der Waals surface area contributed by atoms with Crippen LogP contribution < -0.4 is 5.73 Å². The van der Waals surface area contributed by atoms with Crippen LogP contribution in [-0.2, 0) is 4.79 Å². The summed E-state index contributed by atoms with van der Waals surface area (Å²) in [6.45, 7) is 0.575. The summed E-state index contributed by atoms with van der Waals surface area (Å²) in [5.41, 5.74) is 5.86. The monoisotopic (exact) mass is 374 g/mol. The predicted octanol–water partition coefficient (Wildman–Crippen LogP) is 2.30. The zero-order chi connectivity index (χ0) is 13.3. The normalized spacial score (nSPS) is 19.0. The van der Waals surface area contributed by atoms with Crippen molar-refractivity contribution in [2.45, 2.75) is 18.9 Å². The fraction of sp³-hybridized carbons (Fsp3) is 0.333. The SMILES string of the molecule is NC(=O)C1CCCN1C(=O)c1cc(Br)ccc1Br. The smallest absolute Gasteiger partial charge is 0.255 e. The van der Waals surface area contributed by atoms with Crippen LogP contribution in [0.5, 0.6) is 0 Å². The van der Waals surface area contributed by atoms with Crippen LogP contribution in [0.2, 0.25) is 0 Å². The number of nitrogens with zero attached hydrogens (tertiary/aromatic N) is 1. The Labute approximate surface area is 122 Å². The number of carbonyl (C=O) groups excluding carboxylic acids is 2. The van der Waals surface area contributed by atoms with Gasteiger partial charge in [0.25, 0.3) is 5.91 Å². The summed E-state index contributed by atoms with van der Waals surface area (Å²) < 4.78 is 1.54. The van der Waals surface area contributed by atoms with Crippen molar-refractivity contribution in [3.63, 3.8) is 0 Å². The van der Waals surface area contributed by atoms with E-state index in [1.54, 1.807) is 17.0 Å². The van der Waals surface area contributed by atoms with Gasteiger partial charge in [0.2, 0.25) is 5.91 Å². The third-order valence-electron chi connectivity index (χ3n) is 3.00. The van der Waals surface area contributed by atoms with E-state index >= 15 is 0 Å². The van der Waals surface area contributed by atoms with Crippen molar-refractivity contribution in [3.8, 4) is 0 Å².